The molecule has 0 radical (unpaired) electrons. The van der Waals surface area contributed by atoms with Gasteiger partial charge in [0.05, 0.1) is 0 Å². The molecule has 4 nitrogen and oxygen atoms in total. The summed E-state index contributed by atoms with van der Waals surface area (Å²) in [4.78, 5) is 14.0. The largest absolute Gasteiger partial charge is 0.361 e. The van der Waals surface area contributed by atoms with Crippen molar-refractivity contribution in [3.05, 3.63) is 17.5 Å². The van der Waals surface area contributed by atoms with Gasteiger partial charge in [0.25, 0.3) is 5.91 Å². The zero-order chi connectivity index (χ0) is 11.4. The van der Waals surface area contributed by atoms with Gasteiger partial charge in [0.2, 0.25) is 0 Å². The first-order chi connectivity index (χ1) is 7.81. The topological polar surface area (TPSA) is 46.3 Å². The standard InChI is InChI=1S/C12H18N2O2/c1-2-10-9-11(13-16-10)12(15)14-7-5-3-4-6-8-14/h9H,2-8H2,1H3. The Morgan fingerprint density at radius 2 is 2.06 bits per heavy atom. The molecule has 2 heterocycles. The van der Waals surface area contributed by atoms with Crippen molar-refractivity contribution in [1.82, 2.24) is 10.1 Å². The van der Waals surface area contributed by atoms with Gasteiger partial charge in [-0.1, -0.05) is 24.9 Å². The number of hydrogen-bond donors (Lipinski definition) is 0. The summed E-state index contributed by atoms with van der Waals surface area (Å²) < 4.78 is 5.06. The van der Waals surface area contributed by atoms with Gasteiger partial charge in [-0.25, -0.2) is 0 Å². The van der Waals surface area contributed by atoms with E-state index < -0.39 is 0 Å². The van der Waals surface area contributed by atoms with Crippen molar-refractivity contribution < 1.29 is 9.32 Å². The lowest BCUT2D eigenvalue weighted by Crippen LogP contribution is -2.32. The Morgan fingerprint density at radius 3 is 2.62 bits per heavy atom. The number of hydrogen-bond acceptors (Lipinski definition) is 3. The highest BCUT2D eigenvalue weighted by Crippen LogP contribution is 2.13. The van der Waals surface area contributed by atoms with E-state index in [0.717, 1.165) is 38.1 Å². The molecule has 16 heavy (non-hydrogen) atoms. The average molecular weight is 222 g/mol. The minimum Gasteiger partial charge on any atom is -0.361 e. The zero-order valence-electron chi connectivity index (χ0n) is 9.74. The summed E-state index contributed by atoms with van der Waals surface area (Å²) in [5.74, 6) is 0.795. The van der Waals surface area contributed by atoms with Crippen molar-refractivity contribution >= 4 is 5.91 Å². The zero-order valence-corrected chi connectivity index (χ0v) is 9.74. The molecule has 1 saturated heterocycles. The molecule has 2 rings (SSSR count). The van der Waals surface area contributed by atoms with Gasteiger partial charge in [-0.2, -0.15) is 0 Å². The van der Waals surface area contributed by atoms with Gasteiger partial charge in [0, 0.05) is 25.6 Å². The number of carbonyl (C=O) groups excluding carboxylic acids is 1. The second-order valence-electron chi connectivity index (χ2n) is 4.24. The maximum absolute atomic E-state index is 12.1. The SMILES string of the molecule is CCc1cc(C(=O)N2CCCCCC2)no1. The number of rotatable bonds is 2. The van der Waals surface area contributed by atoms with E-state index >= 15 is 0 Å². The number of nitrogens with zero attached hydrogens (tertiary/aromatic N) is 2. The summed E-state index contributed by atoms with van der Waals surface area (Å²) in [7, 11) is 0. The van der Waals surface area contributed by atoms with Crippen LogP contribution < -0.4 is 0 Å². The summed E-state index contributed by atoms with van der Waals surface area (Å²) in [6.45, 7) is 3.70. The van der Waals surface area contributed by atoms with Crippen LogP contribution in [0.2, 0.25) is 0 Å². The molecule has 1 aliphatic rings. The lowest BCUT2D eigenvalue weighted by Gasteiger charge is -2.18. The van der Waals surface area contributed by atoms with E-state index in [2.05, 4.69) is 5.16 Å². The third kappa shape index (κ3) is 2.43. The summed E-state index contributed by atoms with van der Waals surface area (Å²) >= 11 is 0. The van der Waals surface area contributed by atoms with Crippen molar-refractivity contribution in [2.24, 2.45) is 0 Å². The van der Waals surface area contributed by atoms with Crippen LogP contribution in [0, 0.1) is 0 Å². The highest BCUT2D eigenvalue weighted by molar-refractivity contribution is 5.92. The van der Waals surface area contributed by atoms with Crippen molar-refractivity contribution in [2.45, 2.75) is 39.0 Å². The molecule has 1 aromatic rings. The maximum atomic E-state index is 12.1. The molecule has 1 fully saturated rings. The fraction of sp³-hybridized carbons (Fsp3) is 0.667. The number of aromatic nitrogens is 1. The van der Waals surface area contributed by atoms with Gasteiger partial charge in [-0.15, -0.1) is 0 Å². The van der Waals surface area contributed by atoms with Gasteiger partial charge in [-0.05, 0) is 12.8 Å². The smallest absolute Gasteiger partial charge is 0.276 e. The fourth-order valence-corrected chi connectivity index (χ4v) is 2.02. The van der Waals surface area contributed by atoms with E-state index in [0.29, 0.717) is 5.69 Å². The monoisotopic (exact) mass is 222 g/mol. The molecular formula is C12H18N2O2. The number of aryl methyl sites for hydroxylation is 1. The predicted octanol–water partition coefficient (Wildman–Crippen LogP) is 2.25. The third-order valence-electron chi connectivity index (χ3n) is 3.02. The molecule has 0 unspecified atom stereocenters. The van der Waals surface area contributed by atoms with Crippen LogP contribution in [0.15, 0.2) is 10.6 Å². The molecule has 4 heteroatoms. The Balaban J connectivity index is 2.05. The Kier molecular flexibility index (Phi) is 3.59. The van der Waals surface area contributed by atoms with Gasteiger partial charge >= 0.3 is 0 Å². The predicted molar refractivity (Wildman–Crippen MR) is 60.3 cm³/mol. The average Bonchev–Trinajstić information content (AvgIpc) is 2.62. The highest BCUT2D eigenvalue weighted by Gasteiger charge is 2.20. The van der Waals surface area contributed by atoms with E-state index in [4.69, 9.17) is 4.52 Å². The summed E-state index contributed by atoms with van der Waals surface area (Å²) in [5.41, 5.74) is 0.457. The summed E-state index contributed by atoms with van der Waals surface area (Å²) in [6, 6.07) is 1.76. The molecule has 0 aromatic carbocycles. The summed E-state index contributed by atoms with van der Waals surface area (Å²) in [5, 5.41) is 3.83. The molecule has 1 aliphatic heterocycles. The molecule has 0 bridgehead atoms. The quantitative estimate of drug-likeness (QED) is 0.771. The second-order valence-corrected chi connectivity index (χ2v) is 4.24. The van der Waals surface area contributed by atoms with E-state index in [1.165, 1.54) is 12.8 Å². The Labute approximate surface area is 95.6 Å². The van der Waals surface area contributed by atoms with Crippen molar-refractivity contribution in [2.75, 3.05) is 13.1 Å². The molecule has 0 N–H and O–H groups in total. The molecule has 1 amide bonds. The Hall–Kier alpha value is -1.32. The first kappa shape index (κ1) is 11.2. The third-order valence-corrected chi connectivity index (χ3v) is 3.02. The van der Waals surface area contributed by atoms with Gasteiger partial charge < -0.3 is 9.42 Å². The lowest BCUT2D eigenvalue weighted by atomic mass is 10.2. The van der Waals surface area contributed by atoms with Gasteiger partial charge in [0.15, 0.2) is 5.69 Å². The van der Waals surface area contributed by atoms with E-state index in [1.807, 2.05) is 11.8 Å². The molecule has 0 spiro atoms. The molecule has 0 aliphatic carbocycles. The lowest BCUT2D eigenvalue weighted by molar-refractivity contribution is 0.0751. The van der Waals surface area contributed by atoms with Gasteiger partial charge in [-0.3, -0.25) is 4.79 Å². The fourth-order valence-electron chi connectivity index (χ4n) is 2.02. The van der Waals surface area contributed by atoms with Crippen LogP contribution >= 0.6 is 0 Å². The van der Waals surface area contributed by atoms with Crippen LogP contribution in [0.5, 0.6) is 0 Å². The first-order valence-corrected chi connectivity index (χ1v) is 6.06. The summed E-state index contributed by atoms with van der Waals surface area (Å²) in [6.07, 6.45) is 5.43. The van der Waals surface area contributed by atoms with Crippen LogP contribution in [0.25, 0.3) is 0 Å². The number of amides is 1. The van der Waals surface area contributed by atoms with Crippen LogP contribution in [0.4, 0.5) is 0 Å². The molecule has 88 valence electrons. The second kappa shape index (κ2) is 5.14. The van der Waals surface area contributed by atoms with Crippen LogP contribution in [0.1, 0.15) is 48.9 Å². The molecule has 0 atom stereocenters. The first-order valence-electron chi connectivity index (χ1n) is 6.06. The molecule has 1 aromatic heterocycles. The van der Waals surface area contributed by atoms with Crippen molar-refractivity contribution in [1.29, 1.82) is 0 Å². The van der Waals surface area contributed by atoms with E-state index in [1.54, 1.807) is 6.07 Å². The molecule has 0 saturated carbocycles. The maximum Gasteiger partial charge on any atom is 0.276 e. The highest BCUT2D eigenvalue weighted by atomic mass is 16.5. The Morgan fingerprint density at radius 1 is 1.38 bits per heavy atom. The van der Waals surface area contributed by atoms with E-state index in [-0.39, 0.29) is 5.91 Å². The van der Waals surface area contributed by atoms with E-state index in [9.17, 15) is 4.79 Å². The van der Waals surface area contributed by atoms with Crippen LogP contribution in [-0.2, 0) is 6.42 Å². The number of carbonyl (C=O) groups is 1. The normalized spacial score (nSPS) is 17.2. The van der Waals surface area contributed by atoms with Gasteiger partial charge in [0.1, 0.15) is 5.76 Å². The Bertz CT molecular complexity index is 352. The van der Waals surface area contributed by atoms with Crippen molar-refractivity contribution in [3.63, 3.8) is 0 Å². The van der Waals surface area contributed by atoms with Crippen LogP contribution in [-0.4, -0.2) is 29.1 Å². The van der Waals surface area contributed by atoms with Crippen molar-refractivity contribution in [3.8, 4) is 0 Å². The number of likely N-dealkylation sites (tertiary alicyclic amines) is 1. The van der Waals surface area contributed by atoms with Crippen LogP contribution in [0.3, 0.4) is 0 Å². The minimum absolute atomic E-state index is 0.0188. The minimum atomic E-state index is 0.0188. The molecular weight excluding hydrogens is 204 g/mol.